The van der Waals surface area contributed by atoms with Gasteiger partial charge in [0.1, 0.15) is 5.03 Å². The average molecular weight is 516 g/mol. The molecule has 4 heteroatoms. The molecule has 0 amide bonds. The highest BCUT2D eigenvalue weighted by molar-refractivity contribution is 7.99. The van der Waals surface area contributed by atoms with Crippen molar-refractivity contribution >= 4 is 65.9 Å². The van der Waals surface area contributed by atoms with Crippen LogP contribution in [-0.2, 0) is 0 Å². The molecule has 0 saturated heterocycles. The van der Waals surface area contributed by atoms with Crippen LogP contribution in [0.2, 0.25) is 0 Å². The summed E-state index contributed by atoms with van der Waals surface area (Å²) < 4.78 is 0. The third-order valence-electron chi connectivity index (χ3n) is 7.43. The summed E-state index contributed by atoms with van der Waals surface area (Å²) in [5.41, 5.74) is 4.27. The molecule has 3 heterocycles. The molecule has 0 unspecified atom stereocenters. The van der Waals surface area contributed by atoms with E-state index in [1.165, 1.54) is 43.0 Å². The van der Waals surface area contributed by atoms with Crippen LogP contribution in [0.15, 0.2) is 138 Å². The van der Waals surface area contributed by atoms with Crippen molar-refractivity contribution in [3.05, 3.63) is 128 Å². The fourth-order valence-electron chi connectivity index (χ4n) is 5.61. The standard InChI is InChI=1S/C35H21N3S/c1-2-7-25-20-26(14-11-22(25)6-1)32-27-9-3-4-10-28(27)35(29-17-19-36-21-30(29)32)39-31-16-15-24-13-12-23-8-5-18-37-33(23)34(24)38-31/h1-21H. The Morgan fingerprint density at radius 3 is 2.15 bits per heavy atom. The molecule has 39 heavy (non-hydrogen) atoms. The van der Waals surface area contributed by atoms with Gasteiger partial charge in [-0.1, -0.05) is 96.7 Å². The lowest BCUT2D eigenvalue weighted by Crippen LogP contribution is -1.91. The maximum Gasteiger partial charge on any atom is 0.102 e. The Bertz CT molecular complexity index is 2160. The van der Waals surface area contributed by atoms with Crippen LogP contribution in [0.25, 0.3) is 65.3 Å². The average Bonchev–Trinajstić information content (AvgIpc) is 3.01. The van der Waals surface area contributed by atoms with Crippen LogP contribution in [0.5, 0.6) is 0 Å². The molecule has 0 bridgehead atoms. The molecule has 8 rings (SSSR count). The van der Waals surface area contributed by atoms with Gasteiger partial charge in [0, 0.05) is 39.6 Å². The first-order valence-corrected chi connectivity index (χ1v) is 13.8. The topological polar surface area (TPSA) is 38.7 Å². The summed E-state index contributed by atoms with van der Waals surface area (Å²) in [6.45, 7) is 0. The fourth-order valence-corrected chi connectivity index (χ4v) is 6.67. The highest BCUT2D eigenvalue weighted by Gasteiger charge is 2.17. The van der Waals surface area contributed by atoms with Crippen molar-refractivity contribution in [3.8, 4) is 11.1 Å². The molecule has 3 aromatic heterocycles. The van der Waals surface area contributed by atoms with Gasteiger partial charge in [-0.15, -0.1) is 0 Å². The van der Waals surface area contributed by atoms with Crippen molar-refractivity contribution in [1.29, 1.82) is 0 Å². The number of benzene rings is 5. The van der Waals surface area contributed by atoms with Crippen LogP contribution in [0, 0.1) is 0 Å². The van der Waals surface area contributed by atoms with E-state index in [2.05, 4.69) is 113 Å². The lowest BCUT2D eigenvalue weighted by molar-refractivity contribution is 1.19. The Labute approximate surface area is 229 Å². The Morgan fingerprint density at radius 2 is 1.23 bits per heavy atom. The molecular weight excluding hydrogens is 494 g/mol. The number of nitrogens with zero attached hydrogens (tertiary/aromatic N) is 3. The molecule has 0 aliphatic heterocycles. The van der Waals surface area contributed by atoms with E-state index in [4.69, 9.17) is 4.98 Å². The van der Waals surface area contributed by atoms with Gasteiger partial charge in [-0.05, 0) is 62.3 Å². The number of fused-ring (bicyclic) bond motifs is 6. The second-order valence-electron chi connectivity index (χ2n) is 9.70. The van der Waals surface area contributed by atoms with Gasteiger partial charge in [-0.3, -0.25) is 9.97 Å². The van der Waals surface area contributed by atoms with Crippen molar-refractivity contribution in [3.63, 3.8) is 0 Å². The highest BCUT2D eigenvalue weighted by Crippen LogP contribution is 2.45. The Balaban J connectivity index is 1.37. The Morgan fingerprint density at radius 1 is 0.513 bits per heavy atom. The smallest absolute Gasteiger partial charge is 0.102 e. The molecular formula is C35H21N3S. The molecule has 0 spiro atoms. The van der Waals surface area contributed by atoms with Crippen LogP contribution in [-0.4, -0.2) is 15.0 Å². The maximum atomic E-state index is 5.11. The largest absolute Gasteiger partial charge is 0.264 e. The lowest BCUT2D eigenvalue weighted by atomic mass is 9.92. The second-order valence-corrected chi connectivity index (χ2v) is 10.7. The third-order valence-corrected chi connectivity index (χ3v) is 8.51. The molecule has 0 N–H and O–H groups in total. The lowest BCUT2D eigenvalue weighted by Gasteiger charge is -2.17. The zero-order valence-electron chi connectivity index (χ0n) is 20.9. The molecule has 5 aromatic carbocycles. The summed E-state index contributed by atoms with van der Waals surface area (Å²) in [7, 11) is 0. The van der Waals surface area contributed by atoms with Crippen molar-refractivity contribution in [1.82, 2.24) is 15.0 Å². The first-order valence-electron chi connectivity index (χ1n) is 12.9. The zero-order chi connectivity index (χ0) is 25.8. The van der Waals surface area contributed by atoms with Crippen LogP contribution in [0.1, 0.15) is 0 Å². The first-order chi connectivity index (χ1) is 19.3. The SMILES string of the molecule is c1ccc2cc(-c3c4ccccc4c(Sc4ccc5ccc6cccnc6c5n4)c4ccncc34)ccc2c1. The van der Waals surface area contributed by atoms with E-state index in [0.717, 1.165) is 32.2 Å². The van der Waals surface area contributed by atoms with E-state index in [1.807, 2.05) is 24.7 Å². The zero-order valence-corrected chi connectivity index (χ0v) is 21.7. The normalized spacial score (nSPS) is 11.7. The molecule has 182 valence electrons. The van der Waals surface area contributed by atoms with Gasteiger partial charge in [0.15, 0.2) is 0 Å². The predicted octanol–water partition coefficient (Wildman–Crippen LogP) is 9.46. The fraction of sp³-hybridized carbons (Fsp3) is 0. The van der Waals surface area contributed by atoms with Crippen LogP contribution < -0.4 is 0 Å². The van der Waals surface area contributed by atoms with E-state index in [1.54, 1.807) is 11.8 Å². The first kappa shape index (κ1) is 22.2. The van der Waals surface area contributed by atoms with Gasteiger partial charge in [0.2, 0.25) is 0 Å². The molecule has 0 aliphatic carbocycles. The van der Waals surface area contributed by atoms with E-state index in [9.17, 15) is 0 Å². The van der Waals surface area contributed by atoms with Crippen molar-refractivity contribution < 1.29 is 0 Å². The highest BCUT2D eigenvalue weighted by atomic mass is 32.2. The molecule has 8 aromatic rings. The summed E-state index contributed by atoms with van der Waals surface area (Å²) in [6.07, 6.45) is 5.72. The van der Waals surface area contributed by atoms with E-state index >= 15 is 0 Å². The maximum absolute atomic E-state index is 5.11. The molecule has 3 nitrogen and oxygen atoms in total. The minimum absolute atomic E-state index is 0.932. The summed E-state index contributed by atoms with van der Waals surface area (Å²) in [5.74, 6) is 0. The predicted molar refractivity (Wildman–Crippen MR) is 163 cm³/mol. The van der Waals surface area contributed by atoms with Crippen LogP contribution >= 0.6 is 11.8 Å². The minimum atomic E-state index is 0.932. The Hall–Kier alpha value is -4.80. The van der Waals surface area contributed by atoms with Crippen LogP contribution in [0.3, 0.4) is 0 Å². The second kappa shape index (κ2) is 8.90. The van der Waals surface area contributed by atoms with Crippen molar-refractivity contribution in [2.24, 2.45) is 0 Å². The van der Waals surface area contributed by atoms with Gasteiger partial charge >= 0.3 is 0 Å². The number of rotatable bonds is 3. The molecule has 0 fully saturated rings. The van der Waals surface area contributed by atoms with Gasteiger partial charge in [-0.25, -0.2) is 4.98 Å². The summed E-state index contributed by atoms with van der Waals surface area (Å²) >= 11 is 1.71. The number of hydrogen-bond acceptors (Lipinski definition) is 4. The van der Waals surface area contributed by atoms with E-state index < -0.39 is 0 Å². The summed E-state index contributed by atoms with van der Waals surface area (Å²) in [4.78, 5) is 15.5. The summed E-state index contributed by atoms with van der Waals surface area (Å²) in [5, 5.41) is 10.3. The molecule has 0 radical (unpaired) electrons. The third kappa shape index (κ3) is 3.64. The van der Waals surface area contributed by atoms with Crippen molar-refractivity contribution in [2.75, 3.05) is 0 Å². The molecule has 0 aliphatic rings. The molecule has 0 saturated carbocycles. The van der Waals surface area contributed by atoms with E-state index in [0.29, 0.717) is 0 Å². The van der Waals surface area contributed by atoms with Gasteiger partial charge in [0.25, 0.3) is 0 Å². The Kier molecular flexibility index (Phi) is 5.07. The number of hydrogen-bond donors (Lipinski definition) is 0. The summed E-state index contributed by atoms with van der Waals surface area (Å²) in [6, 6.07) is 38.6. The van der Waals surface area contributed by atoms with Gasteiger partial charge < -0.3 is 0 Å². The monoisotopic (exact) mass is 515 g/mol. The number of aromatic nitrogens is 3. The quantitative estimate of drug-likeness (QED) is 0.173. The van der Waals surface area contributed by atoms with Gasteiger partial charge in [0.05, 0.1) is 11.0 Å². The van der Waals surface area contributed by atoms with Gasteiger partial charge in [-0.2, -0.15) is 0 Å². The minimum Gasteiger partial charge on any atom is -0.264 e. The van der Waals surface area contributed by atoms with E-state index in [-0.39, 0.29) is 0 Å². The van der Waals surface area contributed by atoms with Crippen molar-refractivity contribution in [2.45, 2.75) is 9.92 Å². The van der Waals surface area contributed by atoms with Crippen LogP contribution in [0.4, 0.5) is 0 Å². The molecule has 0 atom stereocenters. The number of pyridine rings is 3.